The minimum absolute atomic E-state index is 0.0745. The van der Waals surface area contributed by atoms with Gasteiger partial charge in [0.2, 0.25) is 0 Å². The topological polar surface area (TPSA) is 26.3 Å². The monoisotopic (exact) mass is 226 g/mol. The number of aryl methyl sites for hydroxylation is 1. The maximum Gasteiger partial charge on any atom is 0.159 e. The largest absolute Gasteiger partial charge is 0.493 e. The van der Waals surface area contributed by atoms with Gasteiger partial charge < -0.3 is 4.74 Å². The van der Waals surface area contributed by atoms with Crippen molar-refractivity contribution in [1.29, 1.82) is 0 Å². The molecule has 0 aliphatic rings. The molecule has 0 radical (unpaired) electrons. The smallest absolute Gasteiger partial charge is 0.159 e. The summed E-state index contributed by atoms with van der Waals surface area (Å²) >= 11 is 5.55. The molecule has 0 atom stereocenters. The number of carbonyl (C=O) groups excluding carboxylic acids is 1. The summed E-state index contributed by atoms with van der Waals surface area (Å²) in [6, 6.07) is 5.46. The summed E-state index contributed by atoms with van der Waals surface area (Å²) in [6.45, 7) is 4.11. The lowest BCUT2D eigenvalue weighted by molar-refractivity contribution is 0.101. The van der Waals surface area contributed by atoms with Gasteiger partial charge in [-0.2, -0.15) is 0 Å². The molecule has 0 fully saturated rings. The van der Waals surface area contributed by atoms with Crippen LogP contribution in [0.25, 0.3) is 0 Å². The van der Waals surface area contributed by atoms with Crippen molar-refractivity contribution in [1.82, 2.24) is 0 Å². The second kappa shape index (κ2) is 5.76. The number of Topliss-reactive ketones (excluding diaryl/α,β-unsaturated/α-hetero) is 1. The molecule has 1 aromatic rings. The van der Waals surface area contributed by atoms with Crippen LogP contribution >= 0.6 is 11.6 Å². The third-order valence-corrected chi connectivity index (χ3v) is 2.38. The third-order valence-electron chi connectivity index (χ3n) is 2.12. The van der Waals surface area contributed by atoms with E-state index in [0.717, 1.165) is 23.3 Å². The molecule has 0 heterocycles. The van der Waals surface area contributed by atoms with E-state index in [4.69, 9.17) is 16.3 Å². The van der Waals surface area contributed by atoms with Crippen LogP contribution in [0.1, 0.15) is 29.3 Å². The Morgan fingerprint density at radius 3 is 2.73 bits per heavy atom. The molecule has 0 aromatic heterocycles. The maximum absolute atomic E-state index is 11.1. The molecule has 1 rings (SSSR count). The Balaban J connectivity index is 2.70. The molecular weight excluding hydrogens is 212 g/mol. The van der Waals surface area contributed by atoms with E-state index < -0.39 is 0 Å². The second-order valence-corrected chi connectivity index (χ2v) is 3.81. The summed E-state index contributed by atoms with van der Waals surface area (Å²) in [7, 11) is 0. The highest BCUT2D eigenvalue weighted by Gasteiger charge is 2.03. The van der Waals surface area contributed by atoms with Crippen molar-refractivity contribution < 1.29 is 9.53 Å². The van der Waals surface area contributed by atoms with Gasteiger partial charge in [0.15, 0.2) is 5.78 Å². The molecule has 0 N–H and O–H groups in total. The number of rotatable bonds is 5. The predicted octanol–water partition coefficient (Wildman–Crippen LogP) is 3.21. The van der Waals surface area contributed by atoms with Crippen molar-refractivity contribution in [3.8, 4) is 5.75 Å². The van der Waals surface area contributed by atoms with Crippen LogP contribution in [0.5, 0.6) is 5.75 Å². The standard InChI is InChI=1S/C12H15ClO2/c1-9-8-11(10(2)14)4-5-12(9)15-7-3-6-13/h4-5,8H,3,6-7H2,1-2H3. The molecule has 82 valence electrons. The van der Waals surface area contributed by atoms with E-state index in [1.165, 1.54) is 0 Å². The Hall–Kier alpha value is -1.02. The normalized spacial score (nSPS) is 10.1. The molecule has 0 bridgehead atoms. The van der Waals surface area contributed by atoms with Crippen molar-refractivity contribution in [3.63, 3.8) is 0 Å². The van der Waals surface area contributed by atoms with Crippen LogP contribution in [0.4, 0.5) is 0 Å². The van der Waals surface area contributed by atoms with Crippen molar-refractivity contribution in [3.05, 3.63) is 29.3 Å². The first-order valence-corrected chi connectivity index (χ1v) is 5.49. The molecule has 1 aromatic carbocycles. The molecule has 0 unspecified atom stereocenters. The van der Waals surface area contributed by atoms with E-state index in [9.17, 15) is 4.79 Å². The molecule has 0 aliphatic heterocycles. The van der Waals surface area contributed by atoms with E-state index in [1.54, 1.807) is 13.0 Å². The van der Waals surface area contributed by atoms with E-state index in [0.29, 0.717) is 12.5 Å². The number of hydrogen-bond donors (Lipinski definition) is 0. The van der Waals surface area contributed by atoms with Crippen molar-refractivity contribution in [2.75, 3.05) is 12.5 Å². The van der Waals surface area contributed by atoms with Gasteiger partial charge in [-0.15, -0.1) is 11.6 Å². The quantitative estimate of drug-likeness (QED) is 0.438. The molecule has 0 saturated carbocycles. The van der Waals surface area contributed by atoms with Crippen LogP contribution in [0.15, 0.2) is 18.2 Å². The van der Waals surface area contributed by atoms with Crippen LogP contribution in [0, 0.1) is 6.92 Å². The molecule has 0 saturated heterocycles. The van der Waals surface area contributed by atoms with Gasteiger partial charge in [-0.25, -0.2) is 0 Å². The molecule has 0 amide bonds. The van der Waals surface area contributed by atoms with Crippen LogP contribution in [-0.4, -0.2) is 18.3 Å². The Morgan fingerprint density at radius 2 is 2.20 bits per heavy atom. The Morgan fingerprint density at radius 1 is 1.47 bits per heavy atom. The average molecular weight is 227 g/mol. The van der Waals surface area contributed by atoms with Gasteiger partial charge in [0.25, 0.3) is 0 Å². The highest BCUT2D eigenvalue weighted by atomic mass is 35.5. The number of hydrogen-bond acceptors (Lipinski definition) is 2. The van der Waals surface area contributed by atoms with E-state index in [-0.39, 0.29) is 5.78 Å². The fourth-order valence-corrected chi connectivity index (χ4v) is 1.38. The first-order valence-electron chi connectivity index (χ1n) is 4.95. The van der Waals surface area contributed by atoms with Crippen molar-refractivity contribution in [2.45, 2.75) is 20.3 Å². The summed E-state index contributed by atoms with van der Waals surface area (Å²) in [6.07, 6.45) is 0.829. The van der Waals surface area contributed by atoms with Crippen LogP contribution in [0.2, 0.25) is 0 Å². The maximum atomic E-state index is 11.1. The van der Waals surface area contributed by atoms with Crippen LogP contribution < -0.4 is 4.74 Å². The number of benzene rings is 1. The Kier molecular flexibility index (Phi) is 4.63. The molecule has 15 heavy (non-hydrogen) atoms. The Labute approximate surface area is 95.2 Å². The van der Waals surface area contributed by atoms with Crippen LogP contribution in [-0.2, 0) is 0 Å². The lowest BCUT2D eigenvalue weighted by atomic mass is 10.1. The number of carbonyl (C=O) groups is 1. The van der Waals surface area contributed by atoms with E-state index in [1.807, 2.05) is 19.1 Å². The van der Waals surface area contributed by atoms with Gasteiger partial charge in [-0.05, 0) is 44.0 Å². The van der Waals surface area contributed by atoms with Gasteiger partial charge in [0.05, 0.1) is 6.61 Å². The molecule has 0 aliphatic carbocycles. The number of halogens is 1. The fraction of sp³-hybridized carbons (Fsp3) is 0.417. The summed E-state index contributed by atoms with van der Waals surface area (Å²) in [5.74, 6) is 1.50. The highest BCUT2D eigenvalue weighted by molar-refractivity contribution is 6.17. The first-order chi connectivity index (χ1) is 7.15. The molecule has 3 heteroatoms. The number of ether oxygens (including phenoxy) is 1. The summed E-state index contributed by atoms with van der Waals surface area (Å²) in [5.41, 5.74) is 1.70. The molecule has 0 spiro atoms. The lowest BCUT2D eigenvalue weighted by Crippen LogP contribution is -2.00. The van der Waals surface area contributed by atoms with Crippen molar-refractivity contribution >= 4 is 17.4 Å². The first kappa shape index (κ1) is 12.1. The van der Waals surface area contributed by atoms with Crippen molar-refractivity contribution in [2.24, 2.45) is 0 Å². The Bertz CT molecular complexity index is 347. The van der Waals surface area contributed by atoms with Gasteiger partial charge in [-0.3, -0.25) is 4.79 Å². The minimum atomic E-state index is 0.0745. The number of ketones is 1. The van der Waals surface area contributed by atoms with Crippen LogP contribution in [0.3, 0.4) is 0 Å². The summed E-state index contributed by atoms with van der Waals surface area (Å²) < 4.78 is 5.52. The number of alkyl halides is 1. The van der Waals surface area contributed by atoms with E-state index in [2.05, 4.69) is 0 Å². The lowest BCUT2D eigenvalue weighted by Gasteiger charge is -2.08. The zero-order valence-electron chi connectivity index (χ0n) is 9.05. The van der Waals surface area contributed by atoms with Gasteiger partial charge >= 0.3 is 0 Å². The van der Waals surface area contributed by atoms with Gasteiger partial charge in [-0.1, -0.05) is 0 Å². The SMILES string of the molecule is CC(=O)c1ccc(OCCCCl)c(C)c1. The summed E-state index contributed by atoms with van der Waals surface area (Å²) in [5, 5.41) is 0. The molecule has 2 nitrogen and oxygen atoms in total. The zero-order chi connectivity index (χ0) is 11.3. The van der Waals surface area contributed by atoms with E-state index >= 15 is 0 Å². The molecular formula is C12H15ClO2. The predicted molar refractivity (Wildman–Crippen MR) is 62.0 cm³/mol. The third kappa shape index (κ3) is 3.56. The van der Waals surface area contributed by atoms with Gasteiger partial charge in [0.1, 0.15) is 5.75 Å². The minimum Gasteiger partial charge on any atom is -0.493 e. The highest BCUT2D eigenvalue weighted by Crippen LogP contribution is 2.19. The second-order valence-electron chi connectivity index (χ2n) is 3.43. The zero-order valence-corrected chi connectivity index (χ0v) is 9.80. The average Bonchev–Trinajstić information content (AvgIpc) is 2.20. The van der Waals surface area contributed by atoms with Gasteiger partial charge in [0, 0.05) is 11.4 Å². The summed E-state index contributed by atoms with van der Waals surface area (Å²) in [4.78, 5) is 11.1. The fourth-order valence-electron chi connectivity index (χ4n) is 1.27.